The van der Waals surface area contributed by atoms with Crippen LogP contribution in [0.1, 0.15) is 40.9 Å². The Morgan fingerprint density at radius 3 is 2.66 bits per heavy atom. The molecule has 1 saturated heterocycles. The van der Waals surface area contributed by atoms with Gasteiger partial charge < -0.3 is 19.3 Å². The Morgan fingerprint density at radius 1 is 1.17 bits per heavy atom. The number of likely N-dealkylation sites (tertiary alicyclic amines) is 1. The van der Waals surface area contributed by atoms with Gasteiger partial charge in [0.25, 0.3) is 5.91 Å². The van der Waals surface area contributed by atoms with E-state index in [1.165, 1.54) is 6.26 Å². The molecule has 2 amide bonds. The number of para-hydroxylation sites is 1. The van der Waals surface area contributed by atoms with E-state index < -0.39 is 5.97 Å². The molecule has 5 rings (SSSR count). The molecule has 1 N–H and O–H groups in total. The highest BCUT2D eigenvalue weighted by Gasteiger charge is 2.59. The van der Waals surface area contributed by atoms with Gasteiger partial charge in [-0.25, -0.2) is 0 Å². The molecule has 1 aromatic heterocycles. The molecule has 1 spiro atoms. The average molecular weight is 394 g/mol. The summed E-state index contributed by atoms with van der Waals surface area (Å²) in [5.41, 5.74) is 2.44. The van der Waals surface area contributed by atoms with Crippen molar-refractivity contribution in [3.63, 3.8) is 0 Å². The van der Waals surface area contributed by atoms with Gasteiger partial charge in [-0.1, -0.05) is 18.2 Å². The SMILES string of the molecule is O=C(O)C1CC12CCN(C(=O)c1occc1CN1C(=O)Cc3ccccc31)CC2. The number of hydrogen-bond acceptors (Lipinski definition) is 4. The van der Waals surface area contributed by atoms with E-state index in [2.05, 4.69) is 0 Å². The summed E-state index contributed by atoms with van der Waals surface area (Å²) in [6, 6.07) is 9.42. The van der Waals surface area contributed by atoms with Crippen LogP contribution in [0.15, 0.2) is 41.0 Å². The van der Waals surface area contributed by atoms with E-state index in [-0.39, 0.29) is 28.9 Å². The van der Waals surface area contributed by atoms with Gasteiger partial charge in [0.1, 0.15) is 0 Å². The lowest BCUT2D eigenvalue weighted by Gasteiger charge is -2.32. The van der Waals surface area contributed by atoms with Crippen LogP contribution in [-0.2, 0) is 22.6 Å². The number of carbonyl (C=O) groups excluding carboxylic acids is 2. The first-order chi connectivity index (χ1) is 14.0. The number of furan rings is 1. The van der Waals surface area contributed by atoms with Crippen molar-refractivity contribution in [1.82, 2.24) is 4.90 Å². The third-order valence-electron chi connectivity index (χ3n) is 6.73. The number of carboxylic acids is 1. The first-order valence-electron chi connectivity index (χ1n) is 9.95. The number of anilines is 1. The number of carboxylic acid groups (broad SMARTS) is 1. The number of piperidine rings is 1. The van der Waals surface area contributed by atoms with E-state index in [1.54, 1.807) is 15.9 Å². The Bertz CT molecular complexity index is 1000. The third-order valence-corrected chi connectivity index (χ3v) is 6.73. The van der Waals surface area contributed by atoms with Gasteiger partial charge >= 0.3 is 5.97 Å². The molecule has 1 aliphatic carbocycles. The number of benzene rings is 1. The molecule has 1 unspecified atom stereocenters. The van der Waals surface area contributed by atoms with Crippen molar-refractivity contribution in [2.45, 2.75) is 32.2 Å². The molecule has 0 radical (unpaired) electrons. The fraction of sp³-hybridized carbons (Fsp3) is 0.409. The van der Waals surface area contributed by atoms with Crippen molar-refractivity contribution >= 4 is 23.5 Å². The number of hydrogen-bond donors (Lipinski definition) is 1. The molecule has 3 heterocycles. The zero-order valence-electron chi connectivity index (χ0n) is 16.0. The summed E-state index contributed by atoms with van der Waals surface area (Å²) in [4.78, 5) is 40.2. The second-order valence-electron chi connectivity index (χ2n) is 8.31. The highest BCUT2D eigenvalue weighted by Crippen LogP contribution is 2.59. The van der Waals surface area contributed by atoms with Gasteiger partial charge in [0, 0.05) is 24.3 Å². The van der Waals surface area contributed by atoms with Gasteiger partial charge in [-0.05, 0) is 42.4 Å². The van der Waals surface area contributed by atoms with Crippen molar-refractivity contribution in [2.75, 3.05) is 18.0 Å². The average Bonchev–Trinajstić information content (AvgIpc) is 3.07. The van der Waals surface area contributed by atoms with Crippen LogP contribution < -0.4 is 4.90 Å². The van der Waals surface area contributed by atoms with Gasteiger partial charge in [0.15, 0.2) is 5.76 Å². The van der Waals surface area contributed by atoms with E-state index in [9.17, 15) is 19.5 Å². The summed E-state index contributed by atoms with van der Waals surface area (Å²) in [6.07, 6.45) is 4.00. The minimum absolute atomic E-state index is 0.0131. The molecule has 7 nitrogen and oxygen atoms in total. The predicted molar refractivity (Wildman–Crippen MR) is 103 cm³/mol. The Morgan fingerprint density at radius 2 is 1.93 bits per heavy atom. The van der Waals surface area contributed by atoms with Gasteiger partial charge in [-0.15, -0.1) is 0 Å². The molecule has 1 aromatic carbocycles. The van der Waals surface area contributed by atoms with Crippen LogP contribution in [0.5, 0.6) is 0 Å². The van der Waals surface area contributed by atoms with Crippen molar-refractivity contribution in [2.24, 2.45) is 11.3 Å². The minimum atomic E-state index is -0.728. The number of rotatable bonds is 4. The zero-order valence-corrected chi connectivity index (χ0v) is 16.0. The van der Waals surface area contributed by atoms with Crippen molar-refractivity contribution in [3.05, 3.63) is 53.5 Å². The van der Waals surface area contributed by atoms with Crippen molar-refractivity contribution < 1.29 is 23.9 Å². The molecule has 29 heavy (non-hydrogen) atoms. The molecule has 7 heteroatoms. The molecule has 2 fully saturated rings. The highest BCUT2D eigenvalue weighted by molar-refractivity contribution is 6.01. The van der Waals surface area contributed by atoms with Crippen LogP contribution in [-0.4, -0.2) is 40.9 Å². The van der Waals surface area contributed by atoms with Crippen LogP contribution in [0.4, 0.5) is 5.69 Å². The fourth-order valence-electron chi connectivity index (χ4n) is 4.86. The van der Waals surface area contributed by atoms with E-state index >= 15 is 0 Å². The lowest BCUT2D eigenvalue weighted by molar-refractivity contribution is -0.139. The van der Waals surface area contributed by atoms with Crippen LogP contribution in [0.2, 0.25) is 0 Å². The predicted octanol–water partition coefficient (Wildman–Crippen LogP) is 2.70. The van der Waals surface area contributed by atoms with Crippen LogP contribution in [0.3, 0.4) is 0 Å². The first kappa shape index (κ1) is 18.0. The lowest BCUT2D eigenvalue weighted by Crippen LogP contribution is -2.40. The minimum Gasteiger partial charge on any atom is -0.481 e. The van der Waals surface area contributed by atoms with Gasteiger partial charge in [-0.2, -0.15) is 0 Å². The quantitative estimate of drug-likeness (QED) is 0.861. The Labute approximate surface area is 167 Å². The van der Waals surface area contributed by atoms with Gasteiger partial charge in [0.2, 0.25) is 5.91 Å². The highest BCUT2D eigenvalue weighted by atomic mass is 16.4. The maximum absolute atomic E-state index is 13.0. The molecule has 150 valence electrons. The normalized spacial score (nSPS) is 22.1. The second-order valence-corrected chi connectivity index (χ2v) is 8.31. The maximum Gasteiger partial charge on any atom is 0.307 e. The Kier molecular flexibility index (Phi) is 4.01. The van der Waals surface area contributed by atoms with Crippen molar-refractivity contribution in [1.29, 1.82) is 0 Å². The third kappa shape index (κ3) is 2.92. The molecule has 1 saturated carbocycles. The van der Waals surface area contributed by atoms with E-state index in [0.717, 1.165) is 11.3 Å². The number of nitrogens with zero attached hydrogens (tertiary/aromatic N) is 2. The monoisotopic (exact) mass is 394 g/mol. The summed E-state index contributed by atoms with van der Waals surface area (Å²) in [7, 11) is 0. The van der Waals surface area contributed by atoms with Crippen LogP contribution in [0.25, 0.3) is 0 Å². The molecular weight excluding hydrogens is 372 g/mol. The standard InChI is InChI=1S/C22H22N2O5/c25-18-11-14-3-1-2-4-17(14)24(18)13-15-5-10-29-19(15)20(26)23-8-6-22(7-9-23)12-16(22)21(27)28/h1-5,10,16H,6-9,11-13H2,(H,27,28). The summed E-state index contributed by atoms with van der Waals surface area (Å²) >= 11 is 0. The molecule has 1 atom stereocenters. The topological polar surface area (TPSA) is 91.1 Å². The fourth-order valence-corrected chi connectivity index (χ4v) is 4.86. The van der Waals surface area contributed by atoms with Crippen LogP contribution in [0, 0.1) is 11.3 Å². The summed E-state index contributed by atoms with van der Waals surface area (Å²) < 4.78 is 5.52. The Balaban J connectivity index is 1.29. The summed E-state index contributed by atoms with van der Waals surface area (Å²) in [5.74, 6) is -0.899. The summed E-state index contributed by atoms with van der Waals surface area (Å²) in [5, 5.41) is 9.23. The molecule has 3 aliphatic rings. The first-order valence-corrected chi connectivity index (χ1v) is 9.95. The number of aliphatic carboxylic acids is 1. The summed E-state index contributed by atoms with van der Waals surface area (Å²) in [6.45, 7) is 1.37. The zero-order chi connectivity index (χ0) is 20.2. The molecule has 2 aromatic rings. The lowest BCUT2D eigenvalue weighted by atomic mass is 9.90. The number of fused-ring (bicyclic) bond motifs is 1. The van der Waals surface area contributed by atoms with E-state index in [4.69, 9.17) is 4.42 Å². The number of amides is 2. The van der Waals surface area contributed by atoms with E-state index in [1.807, 2.05) is 24.3 Å². The number of carbonyl (C=O) groups is 3. The van der Waals surface area contributed by atoms with Crippen molar-refractivity contribution in [3.8, 4) is 0 Å². The van der Waals surface area contributed by atoms with Gasteiger partial charge in [-0.3, -0.25) is 14.4 Å². The maximum atomic E-state index is 13.0. The van der Waals surface area contributed by atoms with Crippen LogP contribution >= 0.6 is 0 Å². The van der Waals surface area contributed by atoms with Gasteiger partial charge in [0.05, 0.1) is 25.1 Å². The molecular formula is C22H22N2O5. The van der Waals surface area contributed by atoms with E-state index in [0.29, 0.717) is 50.9 Å². The molecule has 0 bridgehead atoms. The molecule has 2 aliphatic heterocycles. The smallest absolute Gasteiger partial charge is 0.307 e. The largest absolute Gasteiger partial charge is 0.481 e. The second kappa shape index (κ2) is 6.47. The Hall–Kier alpha value is -3.09.